The number of ether oxygens (including phenoxy) is 1. The van der Waals surface area contributed by atoms with Crippen molar-refractivity contribution in [2.75, 3.05) is 36.4 Å². The summed E-state index contributed by atoms with van der Waals surface area (Å²) in [7, 11) is -3.11. The topological polar surface area (TPSA) is 118 Å². The average molecular weight is 579 g/mol. The Morgan fingerprint density at radius 2 is 1.85 bits per heavy atom. The molecule has 4 heterocycles. The minimum absolute atomic E-state index is 0.00471. The molecule has 2 aliphatic rings. The van der Waals surface area contributed by atoms with E-state index in [0.29, 0.717) is 60.2 Å². The molecule has 10 nitrogen and oxygen atoms in total. The van der Waals surface area contributed by atoms with Gasteiger partial charge in [-0.05, 0) is 42.3 Å². The normalized spacial score (nSPS) is 15.9. The van der Waals surface area contributed by atoms with E-state index in [-0.39, 0.29) is 23.5 Å². The quantitative estimate of drug-likeness (QED) is 0.330. The molecule has 6 rings (SSSR count). The van der Waals surface area contributed by atoms with Crippen molar-refractivity contribution in [2.24, 2.45) is 0 Å². The van der Waals surface area contributed by atoms with Crippen LogP contribution in [0.3, 0.4) is 0 Å². The van der Waals surface area contributed by atoms with Gasteiger partial charge in [0.05, 0.1) is 18.7 Å². The van der Waals surface area contributed by atoms with Gasteiger partial charge in [-0.15, -0.1) is 0 Å². The van der Waals surface area contributed by atoms with Gasteiger partial charge in [-0.3, -0.25) is 9.52 Å². The predicted molar refractivity (Wildman–Crippen MR) is 148 cm³/mol. The highest BCUT2D eigenvalue weighted by molar-refractivity contribution is 7.92. The molecule has 4 aromatic rings. The number of anilines is 2. The number of carbonyl (C=O) groups is 1. The molecule has 2 aromatic carbocycles. The number of hydrogen-bond donors (Lipinski definition) is 1. The maximum absolute atomic E-state index is 14.3. The lowest BCUT2D eigenvalue weighted by atomic mass is 10.0. The third-order valence-electron chi connectivity index (χ3n) is 7.24. The molecule has 0 saturated carbocycles. The summed E-state index contributed by atoms with van der Waals surface area (Å²) >= 11 is 0. The highest BCUT2D eigenvalue weighted by Crippen LogP contribution is 2.35. The Morgan fingerprint density at radius 3 is 2.56 bits per heavy atom. The molecule has 0 unspecified atom stereocenters. The predicted octanol–water partition coefficient (Wildman–Crippen LogP) is 3.76. The molecule has 0 radical (unpaired) electrons. The molecular weight excluding hydrogens is 554 g/mol. The fourth-order valence-corrected chi connectivity index (χ4v) is 6.16. The van der Waals surface area contributed by atoms with Crippen LogP contribution in [-0.2, 0) is 14.8 Å². The number of halogens is 2. The van der Waals surface area contributed by atoms with Gasteiger partial charge in [-0.2, -0.15) is 0 Å². The number of carbonyl (C=O) groups excluding carboxylic acids is 1. The standard InChI is InChI=1S/C28H24F2N6O4S/c1-16-7-8-36(28(16)37)20-13-35(14-20)26-21-9-17(3-5-23(21)32-15-33-26)18-10-24(27(40-2)31-12-18)34-41(38,39)25-6-4-19(29)11-22(25)30/h3-6,9-12,15,20,34H,1,7-8,13-14H2,2H3. The Labute approximate surface area is 234 Å². The summed E-state index contributed by atoms with van der Waals surface area (Å²) in [6.07, 6.45) is 3.69. The SMILES string of the molecule is C=C1CCN(C2CN(c3ncnc4ccc(-c5cnc(OC)c(NS(=O)(=O)c6ccc(F)cc6F)c5)cc34)C2)C1=O. The Morgan fingerprint density at radius 1 is 1.05 bits per heavy atom. The van der Waals surface area contributed by atoms with Crippen molar-refractivity contribution in [1.82, 2.24) is 19.9 Å². The zero-order valence-corrected chi connectivity index (χ0v) is 22.7. The summed E-state index contributed by atoms with van der Waals surface area (Å²) in [6.45, 7) is 5.77. The van der Waals surface area contributed by atoms with Crippen LogP contribution in [0.4, 0.5) is 20.3 Å². The van der Waals surface area contributed by atoms with Gasteiger partial charge in [0.1, 0.15) is 34.4 Å². The van der Waals surface area contributed by atoms with Crippen LogP contribution in [-0.4, -0.2) is 67.0 Å². The van der Waals surface area contributed by atoms with Gasteiger partial charge in [0.2, 0.25) is 11.8 Å². The van der Waals surface area contributed by atoms with E-state index in [1.807, 2.05) is 23.1 Å². The summed E-state index contributed by atoms with van der Waals surface area (Å²) in [6, 6.07) is 9.31. The Bertz CT molecular complexity index is 1830. The van der Waals surface area contributed by atoms with Gasteiger partial charge in [-0.25, -0.2) is 32.2 Å². The number of hydrogen-bond acceptors (Lipinski definition) is 8. The van der Waals surface area contributed by atoms with Crippen molar-refractivity contribution >= 4 is 38.3 Å². The van der Waals surface area contributed by atoms with Gasteiger partial charge in [0.15, 0.2) is 0 Å². The molecule has 1 amide bonds. The lowest BCUT2D eigenvalue weighted by Gasteiger charge is -2.44. The third-order valence-corrected chi connectivity index (χ3v) is 8.64. The minimum Gasteiger partial charge on any atom is -0.480 e. The maximum atomic E-state index is 14.3. The smallest absolute Gasteiger partial charge is 0.264 e. The molecule has 2 aliphatic heterocycles. The molecule has 1 N–H and O–H groups in total. The molecule has 2 fully saturated rings. The number of nitrogens with zero attached hydrogens (tertiary/aromatic N) is 5. The highest BCUT2D eigenvalue weighted by atomic mass is 32.2. The van der Waals surface area contributed by atoms with E-state index in [2.05, 4.69) is 31.2 Å². The summed E-state index contributed by atoms with van der Waals surface area (Å²) in [5.41, 5.74) is 2.56. The molecule has 0 atom stereocenters. The lowest BCUT2D eigenvalue weighted by Crippen LogP contribution is -2.60. The van der Waals surface area contributed by atoms with Crippen LogP contribution in [0.2, 0.25) is 0 Å². The van der Waals surface area contributed by atoms with Gasteiger partial charge < -0.3 is 14.5 Å². The summed E-state index contributed by atoms with van der Waals surface area (Å²) in [5, 5.41) is 0.770. The van der Waals surface area contributed by atoms with Crippen LogP contribution in [0.15, 0.2) is 72.0 Å². The van der Waals surface area contributed by atoms with Crippen LogP contribution < -0.4 is 14.4 Å². The summed E-state index contributed by atoms with van der Waals surface area (Å²) < 4.78 is 61.0. The summed E-state index contributed by atoms with van der Waals surface area (Å²) in [5.74, 6) is -1.44. The van der Waals surface area contributed by atoms with E-state index in [9.17, 15) is 22.0 Å². The Hall–Kier alpha value is -4.65. The number of sulfonamides is 1. The van der Waals surface area contributed by atoms with E-state index in [1.54, 1.807) is 0 Å². The van der Waals surface area contributed by atoms with Crippen LogP contribution in [0.25, 0.3) is 22.0 Å². The number of nitrogens with one attached hydrogen (secondary N) is 1. The van der Waals surface area contributed by atoms with Crippen molar-refractivity contribution in [3.05, 3.63) is 78.8 Å². The number of benzene rings is 2. The second-order valence-electron chi connectivity index (χ2n) is 9.80. The highest BCUT2D eigenvalue weighted by Gasteiger charge is 2.39. The third kappa shape index (κ3) is 4.82. The van der Waals surface area contributed by atoms with E-state index in [1.165, 1.54) is 25.7 Å². The van der Waals surface area contributed by atoms with Crippen molar-refractivity contribution in [1.29, 1.82) is 0 Å². The average Bonchev–Trinajstić information content (AvgIpc) is 3.24. The van der Waals surface area contributed by atoms with Gasteiger partial charge in [0, 0.05) is 48.4 Å². The first-order chi connectivity index (χ1) is 19.6. The second-order valence-corrected chi connectivity index (χ2v) is 11.5. The number of pyridine rings is 1. The first kappa shape index (κ1) is 26.6. The van der Waals surface area contributed by atoms with Crippen molar-refractivity contribution in [2.45, 2.75) is 17.4 Å². The van der Waals surface area contributed by atoms with E-state index in [4.69, 9.17) is 4.74 Å². The van der Waals surface area contributed by atoms with Crippen molar-refractivity contribution in [3.63, 3.8) is 0 Å². The van der Waals surface area contributed by atoms with Crippen LogP contribution >= 0.6 is 0 Å². The van der Waals surface area contributed by atoms with Crippen molar-refractivity contribution < 1.29 is 26.7 Å². The van der Waals surface area contributed by atoms with E-state index in [0.717, 1.165) is 17.5 Å². The first-order valence-electron chi connectivity index (χ1n) is 12.7. The van der Waals surface area contributed by atoms with Gasteiger partial charge in [-0.1, -0.05) is 12.6 Å². The van der Waals surface area contributed by atoms with Crippen LogP contribution in [0.1, 0.15) is 6.42 Å². The zero-order valence-electron chi connectivity index (χ0n) is 21.8. The number of rotatable bonds is 7. The molecule has 0 spiro atoms. The maximum Gasteiger partial charge on any atom is 0.264 e. The fraction of sp³-hybridized carbons (Fsp3) is 0.214. The molecular formula is C28H24F2N6O4S. The second kappa shape index (κ2) is 10.1. The van der Waals surface area contributed by atoms with Gasteiger partial charge >= 0.3 is 0 Å². The van der Waals surface area contributed by atoms with Crippen molar-refractivity contribution in [3.8, 4) is 17.0 Å². The first-order valence-corrected chi connectivity index (χ1v) is 14.1. The molecule has 2 saturated heterocycles. The minimum atomic E-state index is -4.43. The Kier molecular flexibility index (Phi) is 6.53. The van der Waals surface area contributed by atoms with Gasteiger partial charge in [0.25, 0.3) is 10.0 Å². The largest absolute Gasteiger partial charge is 0.480 e. The molecule has 2 aromatic heterocycles. The zero-order chi connectivity index (χ0) is 28.9. The van der Waals surface area contributed by atoms with E-state index >= 15 is 0 Å². The number of fused-ring (bicyclic) bond motifs is 1. The molecule has 0 bridgehead atoms. The monoisotopic (exact) mass is 578 g/mol. The number of methoxy groups -OCH3 is 1. The molecule has 210 valence electrons. The molecule has 0 aliphatic carbocycles. The van der Waals surface area contributed by atoms with Crippen LogP contribution in [0.5, 0.6) is 5.88 Å². The van der Waals surface area contributed by atoms with Crippen LogP contribution in [0, 0.1) is 11.6 Å². The number of amides is 1. The summed E-state index contributed by atoms with van der Waals surface area (Å²) in [4.78, 5) is 28.7. The van der Waals surface area contributed by atoms with E-state index < -0.39 is 26.6 Å². The molecule has 41 heavy (non-hydrogen) atoms. The lowest BCUT2D eigenvalue weighted by molar-refractivity contribution is -0.127. The number of aromatic nitrogens is 3. The molecule has 13 heteroatoms. The Balaban J connectivity index is 1.30. The number of likely N-dealkylation sites (tertiary alicyclic amines) is 1. The fourth-order valence-electron chi connectivity index (χ4n) is 5.05.